The van der Waals surface area contributed by atoms with E-state index in [1.165, 1.54) is 4.90 Å². The standard InChI is InChI=1S/C13H15NO3/c1-5-6-13(15)14(2)11-8-7-10(16-3)9-12(11)17-4/h7-9H,1-4H3. The molecule has 0 aliphatic rings. The number of benzene rings is 1. The van der Waals surface area contributed by atoms with Crippen molar-refractivity contribution in [2.45, 2.75) is 6.92 Å². The lowest BCUT2D eigenvalue weighted by Gasteiger charge is -2.18. The number of amides is 1. The fourth-order valence-electron chi connectivity index (χ4n) is 1.36. The molecule has 0 saturated carbocycles. The molecule has 0 aliphatic carbocycles. The zero-order valence-electron chi connectivity index (χ0n) is 10.4. The Hall–Kier alpha value is -2.15. The first kappa shape index (κ1) is 12.9. The number of methoxy groups -OCH3 is 2. The monoisotopic (exact) mass is 233 g/mol. The molecular formula is C13H15NO3. The maximum absolute atomic E-state index is 11.6. The summed E-state index contributed by atoms with van der Waals surface area (Å²) in [6.07, 6.45) is 0. The first-order valence-electron chi connectivity index (χ1n) is 5.06. The topological polar surface area (TPSA) is 38.8 Å². The molecule has 0 bridgehead atoms. The number of rotatable bonds is 3. The Morgan fingerprint density at radius 3 is 2.53 bits per heavy atom. The van der Waals surface area contributed by atoms with Gasteiger partial charge in [0.05, 0.1) is 19.9 Å². The molecule has 0 heterocycles. The van der Waals surface area contributed by atoms with Gasteiger partial charge in [-0.05, 0) is 25.0 Å². The van der Waals surface area contributed by atoms with Gasteiger partial charge in [-0.3, -0.25) is 4.79 Å². The zero-order chi connectivity index (χ0) is 12.8. The van der Waals surface area contributed by atoms with Crippen LogP contribution in [0.25, 0.3) is 0 Å². The second kappa shape index (κ2) is 5.80. The Bertz CT molecular complexity index is 471. The minimum atomic E-state index is -0.282. The normalized spacial score (nSPS) is 8.94. The van der Waals surface area contributed by atoms with Gasteiger partial charge in [-0.15, -0.1) is 0 Å². The van der Waals surface area contributed by atoms with Crippen LogP contribution < -0.4 is 14.4 Å². The van der Waals surface area contributed by atoms with Gasteiger partial charge >= 0.3 is 5.91 Å². The molecule has 0 aromatic heterocycles. The summed E-state index contributed by atoms with van der Waals surface area (Å²) in [4.78, 5) is 13.1. The average molecular weight is 233 g/mol. The Morgan fingerprint density at radius 1 is 1.29 bits per heavy atom. The molecular weight excluding hydrogens is 218 g/mol. The van der Waals surface area contributed by atoms with Crippen molar-refractivity contribution in [2.75, 3.05) is 26.2 Å². The van der Waals surface area contributed by atoms with Crippen LogP contribution >= 0.6 is 0 Å². The molecule has 4 heteroatoms. The van der Waals surface area contributed by atoms with E-state index in [1.807, 2.05) is 0 Å². The highest BCUT2D eigenvalue weighted by atomic mass is 16.5. The highest BCUT2D eigenvalue weighted by molar-refractivity contribution is 6.06. The van der Waals surface area contributed by atoms with Crippen LogP contribution in [-0.4, -0.2) is 27.2 Å². The number of hydrogen-bond donors (Lipinski definition) is 0. The SMILES string of the molecule is CC#CC(=O)N(C)c1ccc(OC)cc1OC. The summed E-state index contributed by atoms with van der Waals surface area (Å²) in [7, 11) is 4.77. The summed E-state index contributed by atoms with van der Waals surface area (Å²) in [6.45, 7) is 1.62. The zero-order valence-corrected chi connectivity index (χ0v) is 10.4. The molecule has 1 aromatic rings. The first-order valence-corrected chi connectivity index (χ1v) is 5.06. The molecule has 1 amide bonds. The predicted molar refractivity (Wildman–Crippen MR) is 66.4 cm³/mol. The summed E-state index contributed by atoms with van der Waals surface area (Å²) in [5.41, 5.74) is 0.654. The number of anilines is 1. The van der Waals surface area contributed by atoms with Crippen molar-refractivity contribution in [1.82, 2.24) is 0 Å². The van der Waals surface area contributed by atoms with Gasteiger partial charge in [0.2, 0.25) is 0 Å². The molecule has 4 nitrogen and oxygen atoms in total. The van der Waals surface area contributed by atoms with Crippen LogP contribution in [0.15, 0.2) is 18.2 Å². The van der Waals surface area contributed by atoms with E-state index in [9.17, 15) is 4.79 Å². The smallest absolute Gasteiger partial charge is 0.302 e. The number of nitrogens with zero attached hydrogens (tertiary/aromatic N) is 1. The molecule has 0 saturated heterocycles. The van der Waals surface area contributed by atoms with Crippen molar-refractivity contribution in [3.05, 3.63) is 18.2 Å². The fourth-order valence-corrected chi connectivity index (χ4v) is 1.36. The van der Waals surface area contributed by atoms with Gasteiger partial charge in [-0.1, -0.05) is 5.92 Å². The van der Waals surface area contributed by atoms with E-state index in [2.05, 4.69) is 11.8 Å². The van der Waals surface area contributed by atoms with E-state index in [4.69, 9.17) is 9.47 Å². The third kappa shape index (κ3) is 2.91. The third-order valence-electron chi connectivity index (χ3n) is 2.28. The number of hydrogen-bond acceptors (Lipinski definition) is 3. The molecule has 0 radical (unpaired) electrons. The van der Waals surface area contributed by atoms with E-state index < -0.39 is 0 Å². The maximum Gasteiger partial charge on any atom is 0.302 e. The van der Waals surface area contributed by atoms with Gasteiger partial charge in [-0.25, -0.2) is 0 Å². The van der Waals surface area contributed by atoms with Crippen LogP contribution in [0.3, 0.4) is 0 Å². The van der Waals surface area contributed by atoms with Crippen molar-refractivity contribution < 1.29 is 14.3 Å². The van der Waals surface area contributed by atoms with Crippen LogP contribution in [0.5, 0.6) is 11.5 Å². The Balaban J connectivity index is 3.11. The molecule has 17 heavy (non-hydrogen) atoms. The van der Waals surface area contributed by atoms with E-state index >= 15 is 0 Å². The number of carbonyl (C=O) groups is 1. The van der Waals surface area contributed by atoms with Crippen molar-refractivity contribution in [3.8, 4) is 23.3 Å². The molecule has 0 N–H and O–H groups in total. The summed E-state index contributed by atoms with van der Waals surface area (Å²) in [6, 6.07) is 5.24. The molecule has 0 fully saturated rings. The van der Waals surface area contributed by atoms with Crippen LogP contribution in [-0.2, 0) is 4.79 Å². The Labute approximate surface area is 101 Å². The van der Waals surface area contributed by atoms with E-state index in [0.29, 0.717) is 17.2 Å². The quantitative estimate of drug-likeness (QED) is 0.746. The third-order valence-corrected chi connectivity index (χ3v) is 2.28. The van der Waals surface area contributed by atoms with Crippen molar-refractivity contribution in [2.24, 2.45) is 0 Å². The van der Waals surface area contributed by atoms with Gasteiger partial charge in [-0.2, -0.15) is 0 Å². The summed E-state index contributed by atoms with van der Waals surface area (Å²) in [5, 5.41) is 0. The predicted octanol–water partition coefficient (Wildman–Crippen LogP) is 1.69. The highest BCUT2D eigenvalue weighted by Gasteiger charge is 2.14. The Kier molecular flexibility index (Phi) is 4.41. The molecule has 0 unspecified atom stereocenters. The summed E-state index contributed by atoms with van der Waals surface area (Å²) >= 11 is 0. The van der Waals surface area contributed by atoms with E-state index in [1.54, 1.807) is 46.4 Å². The van der Waals surface area contributed by atoms with Crippen LogP contribution in [0.2, 0.25) is 0 Å². The highest BCUT2D eigenvalue weighted by Crippen LogP contribution is 2.31. The second-order valence-electron chi connectivity index (χ2n) is 3.28. The van der Waals surface area contributed by atoms with Crippen LogP contribution in [0, 0.1) is 11.8 Å². The minimum Gasteiger partial charge on any atom is -0.497 e. The van der Waals surface area contributed by atoms with E-state index in [0.717, 1.165) is 0 Å². The Morgan fingerprint density at radius 2 is 2.00 bits per heavy atom. The lowest BCUT2D eigenvalue weighted by atomic mass is 10.2. The average Bonchev–Trinajstić information content (AvgIpc) is 2.37. The molecule has 1 aromatic carbocycles. The minimum absolute atomic E-state index is 0.282. The van der Waals surface area contributed by atoms with Crippen molar-refractivity contribution in [3.63, 3.8) is 0 Å². The van der Waals surface area contributed by atoms with Gasteiger partial charge in [0.15, 0.2) is 0 Å². The molecule has 0 aliphatic heterocycles. The first-order chi connectivity index (χ1) is 8.13. The van der Waals surface area contributed by atoms with Gasteiger partial charge < -0.3 is 14.4 Å². The van der Waals surface area contributed by atoms with Gasteiger partial charge in [0.25, 0.3) is 0 Å². The summed E-state index contributed by atoms with van der Waals surface area (Å²) in [5.74, 6) is 6.01. The largest absolute Gasteiger partial charge is 0.497 e. The molecule has 0 atom stereocenters. The maximum atomic E-state index is 11.6. The number of ether oxygens (including phenoxy) is 2. The van der Waals surface area contributed by atoms with Crippen LogP contribution in [0.4, 0.5) is 5.69 Å². The van der Waals surface area contributed by atoms with E-state index in [-0.39, 0.29) is 5.91 Å². The van der Waals surface area contributed by atoms with Gasteiger partial charge in [0, 0.05) is 13.1 Å². The lowest BCUT2D eigenvalue weighted by molar-refractivity contribution is -0.113. The second-order valence-corrected chi connectivity index (χ2v) is 3.28. The van der Waals surface area contributed by atoms with Crippen LogP contribution in [0.1, 0.15) is 6.92 Å². The molecule has 0 spiro atoms. The lowest BCUT2D eigenvalue weighted by Crippen LogP contribution is -2.24. The summed E-state index contributed by atoms with van der Waals surface area (Å²) < 4.78 is 10.3. The molecule has 1 rings (SSSR count). The molecule has 90 valence electrons. The van der Waals surface area contributed by atoms with Crippen molar-refractivity contribution in [1.29, 1.82) is 0 Å². The number of carbonyl (C=O) groups excluding carboxylic acids is 1. The fraction of sp³-hybridized carbons (Fsp3) is 0.308. The van der Waals surface area contributed by atoms with Crippen molar-refractivity contribution >= 4 is 11.6 Å². The van der Waals surface area contributed by atoms with Gasteiger partial charge in [0.1, 0.15) is 11.5 Å².